The zero-order valence-electron chi connectivity index (χ0n) is 11.1. The largest absolute Gasteiger partial charge is 0.497 e. The number of hydrogen-bond donors (Lipinski definition) is 1. The Bertz CT molecular complexity index is 572. The van der Waals surface area contributed by atoms with Gasteiger partial charge in [0.1, 0.15) is 11.6 Å². The lowest BCUT2D eigenvalue weighted by molar-refractivity contribution is 0.415. The maximum absolute atomic E-state index is 13.5. The van der Waals surface area contributed by atoms with Crippen molar-refractivity contribution in [2.45, 2.75) is 6.54 Å². The second kappa shape index (κ2) is 5.71. The van der Waals surface area contributed by atoms with Crippen molar-refractivity contribution in [2.24, 2.45) is 5.73 Å². The molecule has 0 bridgehead atoms. The summed E-state index contributed by atoms with van der Waals surface area (Å²) in [6.07, 6.45) is 0. The molecule has 4 heteroatoms. The van der Waals surface area contributed by atoms with Crippen molar-refractivity contribution in [3.05, 3.63) is 53.8 Å². The molecule has 0 aliphatic rings. The van der Waals surface area contributed by atoms with Gasteiger partial charge in [-0.15, -0.1) is 0 Å². The maximum atomic E-state index is 13.5. The summed E-state index contributed by atoms with van der Waals surface area (Å²) in [6, 6.07) is 12.4. The van der Waals surface area contributed by atoms with E-state index in [0.29, 0.717) is 6.54 Å². The minimum atomic E-state index is -0.285. The first-order valence-electron chi connectivity index (χ1n) is 6.01. The topological polar surface area (TPSA) is 38.5 Å². The summed E-state index contributed by atoms with van der Waals surface area (Å²) in [4.78, 5) is 1.89. The zero-order valence-corrected chi connectivity index (χ0v) is 11.1. The normalized spacial score (nSPS) is 10.3. The van der Waals surface area contributed by atoms with Gasteiger partial charge >= 0.3 is 0 Å². The van der Waals surface area contributed by atoms with Crippen LogP contribution >= 0.6 is 0 Å². The molecule has 0 saturated carbocycles. The van der Waals surface area contributed by atoms with Crippen LogP contribution in [0.1, 0.15) is 5.56 Å². The lowest BCUT2D eigenvalue weighted by atomic mass is 10.1. The molecular weight excluding hydrogens is 243 g/mol. The molecule has 19 heavy (non-hydrogen) atoms. The Morgan fingerprint density at radius 3 is 2.63 bits per heavy atom. The molecule has 0 radical (unpaired) electrons. The highest BCUT2D eigenvalue weighted by molar-refractivity contribution is 5.64. The first-order chi connectivity index (χ1) is 9.13. The molecule has 0 heterocycles. The molecule has 0 saturated heterocycles. The molecule has 0 aromatic heterocycles. The number of halogens is 1. The minimum absolute atomic E-state index is 0.285. The number of benzene rings is 2. The standard InChI is InChI=1S/C15H17FN2O/c1-18(13-4-3-5-15(9-13)19-2)14-7-11(10-17)6-12(16)8-14/h3-9H,10,17H2,1-2H3. The van der Waals surface area contributed by atoms with Gasteiger partial charge in [-0.25, -0.2) is 4.39 Å². The van der Waals surface area contributed by atoms with Gasteiger partial charge < -0.3 is 15.4 Å². The number of rotatable bonds is 4. The molecule has 0 spiro atoms. The second-order valence-electron chi connectivity index (χ2n) is 4.28. The van der Waals surface area contributed by atoms with Crippen molar-refractivity contribution in [2.75, 3.05) is 19.1 Å². The van der Waals surface area contributed by atoms with Crippen LogP contribution in [0, 0.1) is 5.82 Å². The lowest BCUT2D eigenvalue weighted by Crippen LogP contribution is -2.11. The number of anilines is 2. The van der Waals surface area contributed by atoms with Crippen LogP contribution in [0.25, 0.3) is 0 Å². The molecule has 2 N–H and O–H groups in total. The van der Waals surface area contributed by atoms with Gasteiger partial charge in [-0.05, 0) is 35.9 Å². The SMILES string of the molecule is COc1cccc(N(C)c2cc(F)cc(CN)c2)c1. The molecule has 0 aliphatic carbocycles. The fourth-order valence-electron chi connectivity index (χ4n) is 1.91. The molecule has 0 aliphatic heterocycles. The van der Waals surface area contributed by atoms with Gasteiger partial charge in [0.15, 0.2) is 0 Å². The smallest absolute Gasteiger partial charge is 0.125 e. The predicted molar refractivity (Wildman–Crippen MR) is 75.3 cm³/mol. The van der Waals surface area contributed by atoms with Crippen LogP contribution in [0.4, 0.5) is 15.8 Å². The van der Waals surface area contributed by atoms with E-state index >= 15 is 0 Å². The van der Waals surface area contributed by atoms with Gasteiger partial charge in [0.25, 0.3) is 0 Å². The predicted octanol–water partition coefficient (Wildman–Crippen LogP) is 3.06. The Kier molecular flexibility index (Phi) is 4.02. The Balaban J connectivity index is 2.37. The summed E-state index contributed by atoms with van der Waals surface area (Å²) in [5.74, 6) is 0.479. The first kappa shape index (κ1) is 13.4. The molecule has 2 aromatic rings. The highest BCUT2D eigenvalue weighted by Gasteiger charge is 2.07. The van der Waals surface area contributed by atoms with Gasteiger partial charge in [0.05, 0.1) is 7.11 Å². The summed E-state index contributed by atoms with van der Waals surface area (Å²) in [7, 11) is 3.50. The van der Waals surface area contributed by atoms with Crippen LogP contribution in [-0.4, -0.2) is 14.2 Å². The summed E-state index contributed by atoms with van der Waals surface area (Å²) in [6.45, 7) is 0.316. The summed E-state index contributed by atoms with van der Waals surface area (Å²) < 4.78 is 18.7. The van der Waals surface area contributed by atoms with E-state index in [4.69, 9.17) is 10.5 Å². The van der Waals surface area contributed by atoms with E-state index in [1.165, 1.54) is 12.1 Å². The minimum Gasteiger partial charge on any atom is -0.497 e. The highest BCUT2D eigenvalue weighted by Crippen LogP contribution is 2.28. The Labute approximate surface area is 112 Å². The quantitative estimate of drug-likeness (QED) is 0.918. The van der Waals surface area contributed by atoms with Crippen molar-refractivity contribution in [3.8, 4) is 5.75 Å². The zero-order chi connectivity index (χ0) is 13.8. The Hall–Kier alpha value is -2.07. The third kappa shape index (κ3) is 3.03. The number of methoxy groups -OCH3 is 1. The molecule has 3 nitrogen and oxygen atoms in total. The van der Waals surface area contributed by atoms with Gasteiger partial charge in [0.2, 0.25) is 0 Å². The van der Waals surface area contributed by atoms with Gasteiger partial charge in [0, 0.05) is 31.0 Å². The van der Waals surface area contributed by atoms with Crippen molar-refractivity contribution >= 4 is 11.4 Å². The average molecular weight is 260 g/mol. The molecule has 100 valence electrons. The van der Waals surface area contributed by atoms with Crippen LogP contribution < -0.4 is 15.4 Å². The van der Waals surface area contributed by atoms with E-state index in [0.717, 1.165) is 22.7 Å². The van der Waals surface area contributed by atoms with E-state index in [-0.39, 0.29) is 5.82 Å². The fourth-order valence-corrected chi connectivity index (χ4v) is 1.91. The highest BCUT2D eigenvalue weighted by atomic mass is 19.1. The maximum Gasteiger partial charge on any atom is 0.125 e. The molecule has 2 rings (SSSR count). The first-order valence-corrected chi connectivity index (χ1v) is 6.01. The van der Waals surface area contributed by atoms with E-state index in [1.807, 2.05) is 42.3 Å². The summed E-state index contributed by atoms with van der Waals surface area (Å²) >= 11 is 0. The van der Waals surface area contributed by atoms with E-state index in [1.54, 1.807) is 7.11 Å². The summed E-state index contributed by atoms with van der Waals surface area (Å²) in [5.41, 5.74) is 8.02. The molecular formula is C15H17FN2O. The van der Waals surface area contributed by atoms with Crippen LogP contribution in [0.2, 0.25) is 0 Å². The van der Waals surface area contributed by atoms with E-state index in [2.05, 4.69) is 0 Å². The number of ether oxygens (including phenoxy) is 1. The number of nitrogens with zero attached hydrogens (tertiary/aromatic N) is 1. The van der Waals surface area contributed by atoms with Gasteiger partial charge in [-0.1, -0.05) is 6.07 Å². The number of nitrogens with two attached hydrogens (primary N) is 1. The Morgan fingerprint density at radius 2 is 1.95 bits per heavy atom. The van der Waals surface area contributed by atoms with Gasteiger partial charge in [-0.3, -0.25) is 0 Å². The van der Waals surface area contributed by atoms with E-state index < -0.39 is 0 Å². The summed E-state index contributed by atoms with van der Waals surface area (Å²) in [5, 5.41) is 0. The molecule has 0 amide bonds. The molecule has 0 atom stereocenters. The van der Waals surface area contributed by atoms with Gasteiger partial charge in [-0.2, -0.15) is 0 Å². The van der Waals surface area contributed by atoms with Crippen LogP contribution in [-0.2, 0) is 6.54 Å². The molecule has 2 aromatic carbocycles. The number of hydrogen-bond acceptors (Lipinski definition) is 3. The molecule has 0 fully saturated rings. The third-order valence-electron chi connectivity index (χ3n) is 3.01. The van der Waals surface area contributed by atoms with Crippen molar-refractivity contribution < 1.29 is 9.13 Å². The van der Waals surface area contributed by atoms with Crippen LogP contribution in [0.5, 0.6) is 5.75 Å². The fraction of sp³-hybridized carbons (Fsp3) is 0.200. The Morgan fingerprint density at radius 1 is 1.16 bits per heavy atom. The monoisotopic (exact) mass is 260 g/mol. The third-order valence-corrected chi connectivity index (χ3v) is 3.01. The second-order valence-corrected chi connectivity index (χ2v) is 4.28. The average Bonchev–Trinajstić information content (AvgIpc) is 2.45. The lowest BCUT2D eigenvalue weighted by Gasteiger charge is -2.21. The molecule has 0 unspecified atom stereocenters. The van der Waals surface area contributed by atoms with Crippen molar-refractivity contribution in [1.82, 2.24) is 0 Å². The van der Waals surface area contributed by atoms with Crippen LogP contribution in [0.3, 0.4) is 0 Å². The van der Waals surface area contributed by atoms with Crippen molar-refractivity contribution in [3.63, 3.8) is 0 Å². The van der Waals surface area contributed by atoms with Crippen LogP contribution in [0.15, 0.2) is 42.5 Å². The van der Waals surface area contributed by atoms with Crippen molar-refractivity contribution in [1.29, 1.82) is 0 Å². The van der Waals surface area contributed by atoms with E-state index in [9.17, 15) is 4.39 Å².